The van der Waals surface area contributed by atoms with Crippen LogP contribution < -0.4 is 5.32 Å². The number of carbonyl (C=O) groups is 2. The molecular formula is C21H41NO3. The highest BCUT2D eigenvalue weighted by atomic mass is 16.4. The summed E-state index contributed by atoms with van der Waals surface area (Å²) in [7, 11) is 0. The monoisotopic (exact) mass is 355 g/mol. The van der Waals surface area contributed by atoms with E-state index in [4.69, 9.17) is 5.11 Å². The third-order valence-corrected chi connectivity index (χ3v) is 4.76. The molecule has 0 aliphatic rings. The molecular weight excluding hydrogens is 314 g/mol. The van der Waals surface area contributed by atoms with E-state index in [1.54, 1.807) is 0 Å². The van der Waals surface area contributed by atoms with Gasteiger partial charge in [-0.15, -0.1) is 0 Å². The van der Waals surface area contributed by atoms with Gasteiger partial charge in [0.15, 0.2) is 0 Å². The second kappa shape index (κ2) is 16.4. The number of unbranched alkanes of at least 4 members (excludes halogenated alkanes) is 12. The van der Waals surface area contributed by atoms with Gasteiger partial charge in [-0.05, 0) is 12.3 Å². The Kier molecular flexibility index (Phi) is 15.7. The molecule has 0 aliphatic carbocycles. The molecule has 0 saturated heterocycles. The Bertz CT molecular complexity index is 342. The first-order valence-electron chi connectivity index (χ1n) is 10.5. The number of rotatable bonds is 17. The Hall–Kier alpha value is -1.06. The van der Waals surface area contributed by atoms with Gasteiger partial charge in [-0.1, -0.05) is 97.8 Å². The average molecular weight is 356 g/mol. The van der Waals surface area contributed by atoms with Crippen molar-refractivity contribution < 1.29 is 14.7 Å². The van der Waals surface area contributed by atoms with Crippen LogP contribution in [0.5, 0.6) is 0 Å². The van der Waals surface area contributed by atoms with Crippen LogP contribution in [-0.4, -0.2) is 23.0 Å². The van der Waals surface area contributed by atoms with Gasteiger partial charge in [-0.3, -0.25) is 4.79 Å². The van der Waals surface area contributed by atoms with Crippen LogP contribution in [0.15, 0.2) is 0 Å². The first-order valence-corrected chi connectivity index (χ1v) is 10.5. The Morgan fingerprint density at radius 2 is 1.16 bits per heavy atom. The molecule has 2 N–H and O–H groups in total. The van der Waals surface area contributed by atoms with Gasteiger partial charge in [0.25, 0.3) is 0 Å². The van der Waals surface area contributed by atoms with Crippen LogP contribution in [-0.2, 0) is 9.59 Å². The zero-order valence-electron chi connectivity index (χ0n) is 16.8. The van der Waals surface area contributed by atoms with Crippen LogP contribution in [0.25, 0.3) is 0 Å². The minimum Gasteiger partial charge on any atom is -0.480 e. The number of aliphatic carboxylic acids is 1. The minimum atomic E-state index is -0.950. The first kappa shape index (κ1) is 23.9. The lowest BCUT2D eigenvalue weighted by Gasteiger charge is -2.17. The van der Waals surface area contributed by atoms with Gasteiger partial charge >= 0.3 is 5.97 Å². The molecule has 148 valence electrons. The lowest BCUT2D eigenvalue weighted by molar-refractivity contribution is -0.143. The SMILES string of the molecule is CCCCCCCCCCCCCCCC(=O)N[C@@H](C(=O)O)C(C)C. The van der Waals surface area contributed by atoms with Gasteiger partial charge in [-0.25, -0.2) is 4.79 Å². The Morgan fingerprint density at radius 1 is 0.760 bits per heavy atom. The Balaban J connectivity index is 3.40. The molecule has 0 saturated carbocycles. The number of nitrogens with one attached hydrogen (secondary N) is 1. The Morgan fingerprint density at radius 3 is 1.52 bits per heavy atom. The lowest BCUT2D eigenvalue weighted by Crippen LogP contribution is -2.44. The van der Waals surface area contributed by atoms with E-state index >= 15 is 0 Å². The van der Waals surface area contributed by atoms with Gasteiger partial charge in [-0.2, -0.15) is 0 Å². The predicted octanol–water partition coefficient (Wildman–Crippen LogP) is 5.69. The summed E-state index contributed by atoms with van der Waals surface area (Å²) in [6.07, 6.45) is 17.0. The van der Waals surface area contributed by atoms with E-state index in [1.165, 1.54) is 70.6 Å². The van der Waals surface area contributed by atoms with Crippen molar-refractivity contribution in [3.8, 4) is 0 Å². The molecule has 0 aromatic heterocycles. The zero-order chi connectivity index (χ0) is 18.9. The molecule has 0 aliphatic heterocycles. The highest BCUT2D eigenvalue weighted by molar-refractivity contribution is 5.83. The molecule has 0 unspecified atom stereocenters. The van der Waals surface area contributed by atoms with Crippen molar-refractivity contribution in [3.63, 3.8) is 0 Å². The molecule has 0 bridgehead atoms. The second-order valence-corrected chi connectivity index (χ2v) is 7.62. The summed E-state index contributed by atoms with van der Waals surface area (Å²) in [4.78, 5) is 22.8. The summed E-state index contributed by atoms with van der Waals surface area (Å²) in [6, 6.07) is -0.769. The maximum atomic E-state index is 11.8. The molecule has 4 heteroatoms. The fourth-order valence-electron chi connectivity index (χ4n) is 3.06. The summed E-state index contributed by atoms with van der Waals surface area (Å²) in [5.74, 6) is -1.18. The molecule has 0 aromatic rings. The summed E-state index contributed by atoms with van der Waals surface area (Å²) < 4.78 is 0. The molecule has 0 radical (unpaired) electrons. The molecule has 1 amide bonds. The predicted molar refractivity (Wildman–Crippen MR) is 105 cm³/mol. The van der Waals surface area contributed by atoms with E-state index in [9.17, 15) is 9.59 Å². The molecule has 4 nitrogen and oxygen atoms in total. The number of hydrogen-bond acceptors (Lipinski definition) is 2. The van der Waals surface area contributed by atoms with Crippen molar-refractivity contribution in [3.05, 3.63) is 0 Å². The van der Waals surface area contributed by atoms with E-state index in [0.717, 1.165) is 12.8 Å². The van der Waals surface area contributed by atoms with E-state index in [-0.39, 0.29) is 11.8 Å². The maximum Gasteiger partial charge on any atom is 0.326 e. The summed E-state index contributed by atoms with van der Waals surface area (Å²) in [6.45, 7) is 5.87. The second-order valence-electron chi connectivity index (χ2n) is 7.62. The van der Waals surface area contributed by atoms with Crippen molar-refractivity contribution in [1.29, 1.82) is 0 Å². The van der Waals surface area contributed by atoms with E-state index < -0.39 is 12.0 Å². The van der Waals surface area contributed by atoms with Gasteiger partial charge in [0.05, 0.1) is 0 Å². The fraction of sp³-hybridized carbons (Fsp3) is 0.905. The minimum absolute atomic E-state index is 0.0897. The molecule has 0 aromatic carbocycles. The van der Waals surface area contributed by atoms with Crippen LogP contribution in [0.4, 0.5) is 0 Å². The van der Waals surface area contributed by atoms with Crippen LogP contribution in [0.2, 0.25) is 0 Å². The van der Waals surface area contributed by atoms with E-state index in [0.29, 0.717) is 6.42 Å². The fourth-order valence-corrected chi connectivity index (χ4v) is 3.06. The van der Waals surface area contributed by atoms with Crippen LogP contribution in [0, 0.1) is 5.92 Å². The standard InChI is InChI=1S/C21H41NO3/c1-4-5-6-7-8-9-10-11-12-13-14-15-16-17-19(23)22-20(18(2)3)21(24)25/h18,20H,4-17H2,1-3H3,(H,22,23)(H,24,25)/t20-/m1/s1. The van der Waals surface area contributed by atoms with Crippen molar-refractivity contribution in [2.45, 2.75) is 117 Å². The van der Waals surface area contributed by atoms with Gasteiger partial charge in [0.1, 0.15) is 6.04 Å². The average Bonchev–Trinajstić information content (AvgIpc) is 2.56. The number of carboxylic acids is 1. The third kappa shape index (κ3) is 14.9. The number of carboxylic acid groups (broad SMARTS) is 1. The highest BCUT2D eigenvalue weighted by Gasteiger charge is 2.22. The van der Waals surface area contributed by atoms with Gasteiger partial charge in [0, 0.05) is 6.42 Å². The van der Waals surface area contributed by atoms with Crippen molar-refractivity contribution in [1.82, 2.24) is 5.32 Å². The maximum absolute atomic E-state index is 11.8. The largest absolute Gasteiger partial charge is 0.480 e. The molecule has 0 rings (SSSR count). The molecule has 1 atom stereocenters. The van der Waals surface area contributed by atoms with Crippen LogP contribution >= 0.6 is 0 Å². The summed E-state index contributed by atoms with van der Waals surface area (Å²) in [5.41, 5.74) is 0. The molecule has 0 spiro atoms. The number of amides is 1. The van der Waals surface area contributed by atoms with Crippen molar-refractivity contribution >= 4 is 11.9 Å². The number of carbonyl (C=O) groups excluding carboxylic acids is 1. The summed E-state index contributed by atoms with van der Waals surface area (Å²) in [5, 5.41) is 11.7. The Labute approximate surface area is 155 Å². The van der Waals surface area contributed by atoms with Crippen LogP contribution in [0.1, 0.15) is 111 Å². The van der Waals surface area contributed by atoms with Gasteiger partial charge in [0.2, 0.25) is 5.91 Å². The third-order valence-electron chi connectivity index (χ3n) is 4.76. The lowest BCUT2D eigenvalue weighted by atomic mass is 10.0. The van der Waals surface area contributed by atoms with Crippen molar-refractivity contribution in [2.75, 3.05) is 0 Å². The van der Waals surface area contributed by atoms with E-state index in [2.05, 4.69) is 12.2 Å². The molecule has 0 fully saturated rings. The van der Waals surface area contributed by atoms with Crippen molar-refractivity contribution in [2.24, 2.45) is 5.92 Å². The first-order chi connectivity index (χ1) is 12.0. The van der Waals surface area contributed by atoms with Crippen LogP contribution in [0.3, 0.4) is 0 Å². The summed E-state index contributed by atoms with van der Waals surface area (Å²) >= 11 is 0. The highest BCUT2D eigenvalue weighted by Crippen LogP contribution is 2.13. The normalized spacial score (nSPS) is 12.3. The molecule has 25 heavy (non-hydrogen) atoms. The van der Waals surface area contributed by atoms with E-state index in [1.807, 2.05) is 13.8 Å². The smallest absolute Gasteiger partial charge is 0.326 e. The molecule has 0 heterocycles. The topological polar surface area (TPSA) is 66.4 Å². The zero-order valence-corrected chi connectivity index (χ0v) is 16.8. The quantitative estimate of drug-likeness (QED) is 0.329. The number of hydrogen-bond donors (Lipinski definition) is 2. The van der Waals surface area contributed by atoms with Gasteiger partial charge < -0.3 is 10.4 Å².